The molecule has 0 spiro atoms. The minimum atomic E-state index is -0.545. The van der Waals surface area contributed by atoms with Gasteiger partial charge in [0, 0.05) is 26.3 Å². The van der Waals surface area contributed by atoms with Gasteiger partial charge in [0.2, 0.25) is 5.95 Å². The Bertz CT molecular complexity index is 433. The van der Waals surface area contributed by atoms with Crippen molar-refractivity contribution in [2.24, 2.45) is 0 Å². The number of aromatic nitrogens is 1. The topological polar surface area (TPSA) is 71.3 Å². The third-order valence-electron chi connectivity index (χ3n) is 2.37. The van der Waals surface area contributed by atoms with E-state index in [1.807, 2.05) is 6.92 Å². The lowest BCUT2D eigenvalue weighted by Crippen LogP contribution is -2.30. The Hall–Kier alpha value is -2.18. The summed E-state index contributed by atoms with van der Waals surface area (Å²) in [5.74, 6) is -0.150. The zero-order chi connectivity index (χ0) is 13.5. The van der Waals surface area contributed by atoms with Gasteiger partial charge in [0.05, 0.1) is 4.92 Å². The quantitative estimate of drug-likeness (QED) is 0.471. The van der Waals surface area contributed by atoms with Gasteiger partial charge in [-0.3, -0.25) is 10.1 Å². The fraction of sp³-hybridized carbons (Fsp3) is 0.364. The summed E-state index contributed by atoms with van der Waals surface area (Å²) in [6, 6.07) is 2.86. The van der Waals surface area contributed by atoms with Crippen LogP contribution in [0.1, 0.15) is 12.5 Å². The Morgan fingerprint density at radius 1 is 1.67 bits per heavy atom. The van der Waals surface area contributed by atoms with Crippen molar-refractivity contribution in [1.82, 2.24) is 15.2 Å². The molecule has 0 amide bonds. The van der Waals surface area contributed by atoms with Crippen LogP contribution in [0.5, 0.6) is 0 Å². The van der Waals surface area contributed by atoms with Crippen LogP contribution >= 0.6 is 0 Å². The number of nitrogens with one attached hydrogen (secondary N) is 1. The zero-order valence-corrected chi connectivity index (χ0v) is 10.3. The highest BCUT2D eigenvalue weighted by atomic mass is 19.1. The predicted octanol–water partition coefficient (Wildman–Crippen LogP) is 1.34. The third-order valence-corrected chi connectivity index (χ3v) is 2.37. The van der Waals surface area contributed by atoms with Crippen molar-refractivity contribution in [3.63, 3.8) is 0 Å². The Balaban J connectivity index is 2.83. The van der Waals surface area contributed by atoms with Crippen molar-refractivity contribution < 1.29 is 9.31 Å². The van der Waals surface area contributed by atoms with E-state index in [0.717, 1.165) is 11.8 Å². The normalized spacial score (nSPS) is 11.2. The molecule has 0 aliphatic heterocycles. The molecule has 0 bridgehead atoms. The molecule has 1 heterocycles. The summed E-state index contributed by atoms with van der Waals surface area (Å²) in [5.41, 5.74) is 0.780. The number of nitrogens with zero attached hydrogens (tertiary/aromatic N) is 3. The van der Waals surface area contributed by atoms with Crippen LogP contribution in [0, 0.1) is 16.1 Å². The summed E-state index contributed by atoms with van der Waals surface area (Å²) in [6.45, 7) is 2.88. The first-order valence-electron chi connectivity index (χ1n) is 5.45. The Morgan fingerprint density at radius 3 is 2.83 bits per heavy atom. The molecular weight excluding hydrogens is 239 g/mol. The molecule has 6 nitrogen and oxygen atoms in total. The average molecular weight is 254 g/mol. The highest BCUT2D eigenvalue weighted by molar-refractivity contribution is 5.11. The van der Waals surface area contributed by atoms with Gasteiger partial charge in [-0.25, -0.2) is 4.98 Å². The number of nitro groups is 1. The first-order chi connectivity index (χ1) is 8.56. The molecule has 0 fully saturated rings. The molecule has 1 aromatic rings. The van der Waals surface area contributed by atoms with Gasteiger partial charge in [0.25, 0.3) is 6.20 Å². The summed E-state index contributed by atoms with van der Waals surface area (Å²) in [6.07, 6.45) is 2.32. The van der Waals surface area contributed by atoms with E-state index in [1.165, 1.54) is 12.3 Å². The number of hydrogen-bond acceptors (Lipinski definition) is 5. The van der Waals surface area contributed by atoms with Crippen molar-refractivity contribution in [2.75, 3.05) is 13.6 Å². The number of rotatable bonds is 6. The van der Waals surface area contributed by atoms with E-state index in [9.17, 15) is 14.5 Å². The standard InChI is InChI=1S/C11H15FN4O2/c1-3-15(11(13-2)8-16(17)18)7-9-4-5-10(12)14-6-9/h4-6,8,13H,3,7H2,1-2H3. The van der Waals surface area contributed by atoms with E-state index in [0.29, 0.717) is 18.9 Å². The van der Waals surface area contributed by atoms with Gasteiger partial charge >= 0.3 is 0 Å². The van der Waals surface area contributed by atoms with Gasteiger partial charge in [0.1, 0.15) is 0 Å². The third kappa shape index (κ3) is 4.00. The van der Waals surface area contributed by atoms with Crippen molar-refractivity contribution in [2.45, 2.75) is 13.5 Å². The number of halogens is 1. The molecule has 0 radical (unpaired) electrons. The molecule has 0 atom stereocenters. The van der Waals surface area contributed by atoms with Gasteiger partial charge in [-0.05, 0) is 18.6 Å². The van der Waals surface area contributed by atoms with Crippen molar-refractivity contribution in [1.29, 1.82) is 0 Å². The molecule has 0 aliphatic rings. The average Bonchev–Trinajstić information content (AvgIpc) is 2.35. The van der Waals surface area contributed by atoms with E-state index in [2.05, 4.69) is 10.3 Å². The molecule has 7 heteroatoms. The molecule has 0 saturated carbocycles. The van der Waals surface area contributed by atoms with E-state index in [4.69, 9.17) is 0 Å². The Kier molecular flexibility index (Phi) is 5.04. The summed E-state index contributed by atoms with van der Waals surface area (Å²) in [4.78, 5) is 15.3. The van der Waals surface area contributed by atoms with Crippen LogP contribution in [0.3, 0.4) is 0 Å². The largest absolute Gasteiger partial charge is 0.370 e. The van der Waals surface area contributed by atoms with Crippen LogP contribution in [-0.4, -0.2) is 28.4 Å². The van der Waals surface area contributed by atoms with Crippen molar-refractivity contribution >= 4 is 0 Å². The van der Waals surface area contributed by atoms with E-state index in [1.54, 1.807) is 18.0 Å². The summed E-state index contributed by atoms with van der Waals surface area (Å²) in [7, 11) is 1.61. The molecule has 0 aliphatic carbocycles. The van der Waals surface area contributed by atoms with E-state index >= 15 is 0 Å². The van der Waals surface area contributed by atoms with Crippen LogP contribution in [0.15, 0.2) is 30.4 Å². The van der Waals surface area contributed by atoms with Gasteiger partial charge in [-0.1, -0.05) is 6.07 Å². The first kappa shape index (κ1) is 13.9. The fourth-order valence-electron chi connectivity index (χ4n) is 1.49. The fourth-order valence-corrected chi connectivity index (χ4v) is 1.49. The molecule has 1 N–H and O–H groups in total. The number of pyridine rings is 1. The Morgan fingerprint density at radius 2 is 2.39 bits per heavy atom. The maximum atomic E-state index is 12.7. The zero-order valence-electron chi connectivity index (χ0n) is 10.3. The van der Waals surface area contributed by atoms with Gasteiger partial charge in [0.15, 0.2) is 5.82 Å². The lowest BCUT2D eigenvalue weighted by atomic mass is 10.2. The second-order valence-electron chi connectivity index (χ2n) is 3.55. The summed E-state index contributed by atoms with van der Waals surface area (Å²) in [5, 5.41) is 13.3. The van der Waals surface area contributed by atoms with E-state index < -0.39 is 10.9 Å². The summed E-state index contributed by atoms with van der Waals surface area (Å²) >= 11 is 0. The highest BCUT2D eigenvalue weighted by Gasteiger charge is 2.11. The van der Waals surface area contributed by atoms with Crippen LogP contribution in [0.4, 0.5) is 4.39 Å². The molecule has 18 heavy (non-hydrogen) atoms. The second kappa shape index (κ2) is 6.53. The second-order valence-corrected chi connectivity index (χ2v) is 3.55. The molecule has 0 aromatic carbocycles. The predicted molar refractivity (Wildman–Crippen MR) is 64.4 cm³/mol. The number of hydrogen-bond donors (Lipinski definition) is 1. The molecule has 98 valence electrons. The monoisotopic (exact) mass is 254 g/mol. The van der Waals surface area contributed by atoms with Crippen molar-refractivity contribution in [3.05, 3.63) is 52.0 Å². The SMILES string of the molecule is CCN(Cc1ccc(F)nc1)C(=C[N+](=O)[O-])NC. The maximum Gasteiger partial charge on any atom is 0.274 e. The minimum Gasteiger partial charge on any atom is -0.370 e. The lowest BCUT2D eigenvalue weighted by Gasteiger charge is -2.23. The van der Waals surface area contributed by atoms with Crippen LogP contribution in [-0.2, 0) is 6.54 Å². The van der Waals surface area contributed by atoms with Crippen LogP contribution in [0.25, 0.3) is 0 Å². The van der Waals surface area contributed by atoms with Crippen LogP contribution in [0.2, 0.25) is 0 Å². The molecule has 1 rings (SSSR count). The Labute approximate surface area is 104 Å². The molecule has 0 unspecified atom stereocenters. The van der Waals surface area contributed by atoms with Gasteiger partial charge < -0.3 is 10.2 Å². The minimum absolute atomic E-state index is 0.395. The molecular formula is C11H15FN4O2. The van der Waals surface area contributed by atoms with Crippen LogP contribution < -0.4 is 5.32 Å². The summed E-state index contributed by atoms with van der Waals surface area (Å²) < 4.78 is 12.7. The van der Waals surface area contributed by atoms with E-state index in [-0.39, 0.29) is 0 Å². The van der Waals surface area contributed by atoms with Crippen molar-refractivity contribution in [3.8, 4) is 0 Å². The molecule has 0 saturated heterocycles. The lowest BCUT2D eigenvalue weighted by molar-refractivity contribution is -0.404. The first-order valence-corrected chi connectivity index (χ1v) is 5.45. The molecule has 1 aromatic heterocycles. The van der Waals surface area contributed by atoms with Gasteiger partial charge in [-0.15, -0.1) is 0 Å². The highest BCUT2D eigenvalue weighted by Crippen LogP contribution is 2.08. The maximum absolute atomic E-state index is 12.7. The van der Waals surface area contributed by atoms with Gasteiger partial charge in [-0.2, -0.15) is 4.39 Å². The smallest absolute Gasteiger partial charge is 0.274 e.